The number of hydrogen-bond acceptors (Lipinski definition) is 6. The molecule has 0 aliphatic carbocycles. The molecule has 0 amide bonds. The molecular weight excluding hydrogens is 408 g/mol. The molecule has 7 heteroatoms. The van der Waals surface area contributed by atoms with Crippen LogP contribution in [0, 0.1) is 5.41 Å². The summed E-state index contributed by atoms with van der Waals surface area (Å²) >= 11 is 0. The van der Waals surface area contributed by atoms with Gasteiger partial charge in [0, 0.05) is 29.6 Å². The number of benzene rings is 2. The molecule has 3 aromatic rings. The van der Waals surface area contributed by atoms with Crippen LogP contribution in [0.4, 0.5) is 5.69 Å². The van der Waals surface area contributed by atoms with Crippen molar-refractivity contribution in [2.45, 2.75) is 39.7 Å². The van der Waals surface area contributed by atoms with E-state index in [1.54, 1.807) is 39.2 Å². The average Bonchev–Trinajstić information content (AvgIpc) is 2.80. The number of methoxy groups -OCH3 is 1. The van der Waals surface area contributed by atoms with E-state index in [2.05, 4.69) is 4.98 Å². The first-order valence-electron chi connectivity index (χ1n) is 10.5. The van der Waals surface area contributed by atoms with Gasteiger partial charge in [0.1, 0.15) is 18.1 Å². The van der Waals surface area contributed by atoms with Crippen molar-refractivity contribution in [3.8, 4) is 11.5 Å². The van der Waals surface area contributed by atoms with Gasteiger partial charge >= 0.3 is 5.97 Å². The van der Waals surface area contributed by atoms with Crippen LogP contribution in [0.3, 0.4) is 0 Å². The van der Waals surface area contributed by atoms with Crippen molar-refractivity contribution in [1.29, 1.82) is 0 Å². The van der Waals surface area contributed by atoms with E-state index < -0.39 is 11.4 Å². The first-order chi connectivity index (χ1) is 15.3. The number of fused-ring (bicyclic) bond motifs is 1. The molecule has 168 valence electrons. The molecular formula is C25H28N2O5. The maximum atomic E-state index is 13.1. The Morgan fingerprint density at radius 2 is 1.78 bits per heavy atom. The van der Waals surface area contributed by atoms with Gasteiger partial charge in [0.25, 0.3) is 0 Å². The minimum atomic E-state index is -1.10. The van der Waals surface area contributed by atoms with Crippen LogP contribution in [0.25, 0.3) is 10.9 Å². The topological polar surface area (TPSA) is 112 Å². The number of anilines is 1. The minimum Gasteiger partial charge on any atom is -0.497 e. The fraction of sp³-hybridized carbons (Fsp3) is 0.320. The highest BCUT2D eigenvalue weighted by Gasteiger charge is 2.37. The maximum absolute atomic E-state index is 13.1. The highest BCUT2D eigenvalue weighted by molar-refractivity contribution is 6.01. The Kier molecular flexibility index (Phi) is 6.98. The van der Waals surface area contributed by atoms with E-state index in [0.717, 1.165) is 10.9 Å². The number of nitrogens with zero attached hydrogens (tertiary/aromatic N) is 1. The minimum absolute atomic E-state index is 0.108. The fourth-order valence-electron chi connectivity index (χ4n) is 3.67. The molecule has 32 heavy (non-hydrogen) atoms. The van der Waals surface area contributed by atoms with Crippen LogP contribution in [0.15, 0.2) is 48.5 Å². The Bertz CT molecular complexity index is 1140. The number of ether oxygens (including phenoxy) is 2. The van der Waals surface area contributed by atoms with Crippen LogP contribution < -0.4 is 15.2 Å². The van der Waals surface area contributed by atoms with Gasteiger partial charge in [-0.15, -0.1) is 0 Å². The van der Waals surface area contributed by atoms with Crippen LogP contribution in [-0.2, 0) is 11.4 Å². The number of carbonyl (C=O) groups excluding carboxylic acids is 1. The normalized spacial score (nSPS) is 11.3. The van der Waals surface area contributed by atoms with Crippen molar-refractivity contribution in [3.63, 3.8) is 0 Å². The van der Waals surface area contributed by atoms with E-state index in [9.17, 15) is 14.7 Å². The molecule has 0 aliphatic heterocycles. The molecule has 0 atom stereocenters. The van der Waals surface area contributed by atoms with Gasteiger partial charge in [-0.05, 0) is 43.2 Å². The summed E-state index contributed by atoms with van der Waals surface area (Å²) in [6, 6.07) is 14.2. The molecule has 0 saturated carbocycles. The number of aliphatic carboxylic acids is 1. The van der Waals surface area contributed by atoms with Gasteiger partial charge in [0.05, 0.1) is 29.3 Å². The number of carboxylic acid groups (broad SMARTS) is 1. The average molecular weight is 437 g/mol. The number of aromatic nitrogens is 1. The summed E-state index contributed by atoms with van der Waals surface area (Å²) < 4.78 is 11.2. The molecule has 2 aromatic carbocycles. The van der Waals surface area contributed by atoms with E-state index in [1.807, 2.05) is 30.3 Å². The smallest absolute Gasteiger partial charge is 0.310 e. The second kappa shape index (κ2) is 9.68. The number of ketones is 1. The maximum Gasteiger partial charge on any atom is 0.310 e. The number of rotatable bonds is 10. The van der Waals surface area contributed by atoms with Gasteiger partial charge in [-0.1, -0.05) is 19.9 Å². The molecule has 0 bridgehead atoms. The van der Waals surface area contributed by atoms with Gasteiger partial charge < -0.3 is 20.3 Å². The Morgan fingerprint density at radius 3 is 2.44 bits per heavy atom. The van der Waals surface area contributed by atoms with Crippen LogP contribution in [0.1, 0.15) is 49.2 Å². The molecule has 0 radical (unpaired) electrons. The molecule has 1 heterocycles. The number of nitrogens with two attached hydrogens (primary N) is 1. The summed E-state index contributed by atoms with van der Waals surface area (Å²) in [7, 11) is 1.60. The summed E-state index contributed by atoms with van der Waals surface area (Å²) in [6.07, 6.45) is 0.615. The molecule has 1 aromatic heterocycles. The molecule has 3 N–H and O–H groups in total. The number of carbonyl (C=O) groups is 2. The lowest BCUT2D eigenvalue weighted by Crippen LogP contribution is -2.32. The Labute approximate surface area is 187 Å². The first-order valence-corrected chi connectivity index (χ1v) is 10.5. The highest BCUT2D eigenvalue weighted by atomic mass is 16.5. The van der Waals surface area contributed by atoms with E-state index in [4.69, 9.17) is 15.2 Å². The summed E-state index contributed by atoms with van der Waals surface area (Å²) in [6.45, 7) is 3.69. The molecule has 0 unspecified atom stereocenters. The molecule has 0 saturated heterocycles. The monoisotopic (exact) mass is 436 g/mol. The largest absolute Gasteiger partial charge is 0.497 e. The standard InChI is InChI=1S/C25H28N2O5/c1-4-25(5-2,24(29)30)14-22(28)20-11-8-17(26)12-23(20)32-15-18-9-6-16-7-10-19(31-3)13-21(16)27-18/h6-13H,4-5,14-15,26H2,1-3H3,(H,29,30). The predicted octanol–water partition coefficient (Wildman–Crippen LogP) is 4.87. The lowest BCUT2D eigenvalue weighted by Gasteiger charge is -2.26. The van der Waals surface area contributed by atoms with Gasteiger partial charge in [0.2, 0.25) is 0 Å². The highest BCUT2D eigenvalue weighted by Crippen LogP contribution is 2.34. The summed E-state index contributed by atoms with van der Waals surface area (Å²) in [5, 5.41) is 10.7. The van der Waals surface area contributed by atoms with Gasteiger partial charge in [-0.3, -0.25) is 9.59 Å². The van der Waals surface area contributed by atoms with Gasteiger partial charge in [0.15, 0.2) is 5.78 Å². The number of hydrogen-bond donors (Lipinski definition) is 2. The molecule has 0 spiro atoms. The van der Waals surface area contributed by atoms with E-state index in [0.29, 0.717) is 41.3 Å². The Balaban J connectivity index is 1.84. The van der Waals surface area contributed by atoms with Gasteiger partial charge in [-0.25, -0.2) is 4.98 Å². The SMILES string of the molecule is CCC(CC)(CC(=O)c1ccc(N)cc1OCc1ccc2ccc(OC)cc2n1)C(=O)O. The number of nitrogen functional groups attached to an aromatic ring is 1. The van der Waals surface area contributed by atoms with Crippen LogP contribution in [0.5, 0.6) is 11.5 Å². The third-order valence-electron chi connectivity index (χ3n) is 5.94. The van der Waals surface area contributed by atoms with E-state index in [-0.39, 0.29) is 18.8 Å². The van der Waals surface area contributed by atoms with Crippen molar-refractivity contribution in [2.75, 3.05) is 12.8 Å². The van der Waals surface area contributed by atoms with E-state index >= 15 is 0 Å². The second-order valence-electron chi connectivity index (χ2n) is 7.80. The number of Topliss-reactive ketones (excluding diaryl/α,β-unsaturated/α-hetero) is 1. The van der Waals surface area contributed by atoms with Crippen molar-refractivity contribution >= 4 is 28.3 Å². The third-order valence-corrected chi connectivity index (χ3v) is 5.94. The van der Waals surface area contributed by atoms with E-state index in [1.165, 1.54) is 0 Å². The Morgan fingerprint density at radius 1 is 1.06 bits per heavy atom. The van der Waals surface area contributed by atoms with Crippen LogP contribution >= 0.6 is 0 Å². The zero-order chi connectivity index (χ0) is 23.3. The van der Waals surface area contributed by atoms with Crippen LogP contribution in [0.2, 0.25) is 0 Å². The quantitative estimate of drug-likeness (QED) is 0.344. The zero-order valence-electron chi connectivity index (χ0n) is 18.6. The summed E-state index contributed by atoms with van der Waals surface area (Å²) in [4.78, 5) is 29.5. The van der Waals surface area contributed by atoms with Crippen molar-refractivity contribution in [3.05, 3.63) is 59.8 Å². The first kappa shape index (κ1) is 23.1. The third kappa shape index (κ3) is 4.82. The molecule has 3 rings (SSSR count). The number of pyridine rings is 1. The lowest BCUT2D eigenvalue weighted by atomic mass is 9.77. The molecule has 0 aliphatic rings. The second-order valence-corrected chi connectivity index (χ2v) is 7.80. The zero-order valence-corrected chi connectivity index (χ0v) is 18.6. The summed E-state index contributed by atoms with van der Waals surface area (Å²) in [5.41, 5.74) is 7.02. The lowest BCUT2D eigenvalue weighted by molar-refractivity contribution is -0.149. The van der Waals surface area contributed by atoms with Crippen molar-refractivity contribution in [2.24, 2.45) is 5.41 Å². The molecule has 7 nitrogen and oxygen atoms in total. The van der Waals surface area contributed by atoms with Crippen molar-refractivity contribution in [1.82, 2.24) is 4.98 Å². The predicted molar refractivity (Wildman–Crippen MR) is 123 cm³/mol. The Hall–Kier alpha value is -3.61. The molecule has 0 fully saturated rings. The summed E-state index contributed by atoms with van der Waals surface area (Å²) in [5.74, 6) is -0.235. The van der Waals surface area contributed by atoms with Crippen molar-refractivity contribution < 1.29 is 24.2 Å². The van der Waals surface area contributed by atoms with Crippen LogP contribution in [-0.4, -0.2) is 29.0 Å². The van der Waals surface area contributed by atoms with Gasteiger partial charge in [-0.2, -0.15) is 0 Å². The number of carboxylic acids is 1. The fourth-order valence-corrected chi connectivity index (χ4v) is 3.67.